The quantitative estimate of drug-likeness (QED) is 0.589. The van der Waals surface area contributed by atoms with Crippen LogP contribution in [0.15, 0.2) is 78.9 Å². The molecule has 0 saturated heterocycles. The van der Waals surface area contributed by atoms with Gasteiger partial charge >= 0.3 is 5.97 Å². The van der Waals surface area contributed by atoms with E-state index in [4.69, 9.17) is 4.74 Å². The van der Waals surface area contributed by atoms with Crippen LogP contribution in [-0.4, -0.2) is 5.97 Å². The molecule has 3 aromatic rings. The molecule has 1 atom stereocenters. The average Bonchev–Trinajstić information content (AvgIpc) is 2.67. The number of esters is 1. The van der Waals surface area contributed by atoms with E-state index < -0.39 is 5.92 Å². The van der Waals surface area contributed by atoms with Crippen LogP contribution < -0.4 is 0 Å². The van der Waals surface area contributed by atoms with Gasteiger partial charge in [0.2, 0.25) is 0 Å². The SMILES string of the molecule is C[C@H](C(=O)OCc1ccccc1)c1ccc(-c2ccccc2)c(F)c1. The summed E-state index contributed by atoms with van der Waals surface area (Å²) in [4.78, 5) is 12.2. The normalized spacial score (nSPS) is 11.8. The predicted octanol–water partition coefficient (Wildman–Crippen LogP) is 5.34. The molecule has 0 amide bonds. The Bertz CT molecular complexity index is 844. The summed E-state index contributed by atoms with van der Waals surface area (Å²) < 4.78 is 19.8. The zero-order valence-electron chi connectivity index (χ0n) is 14.0. The van der Waals surface area contributed by atoms with Gasteiger partial charge in [-0.1, -0.05) is 72.8 Å². The molecule has 0 radical (unpaired) electrons. The van der Waals surface area contributed by atoms with Gasteiger partial charge in [0, 0.05) is 5.56 Å². The van der Waals surface area contributed by atoms with E-state index in [9.17, 15) is 9.18 Å². The molecule has 0 N–H and O–H groups in total. The lowest BCUT2D eigenvalue weighted by Gasteiger charge is -2.13. The van der Waals surface area contributed by atoms with Gasteiger partial charge in [-0.05, 0) is 29.7 Å². The van der Waals surface area contributed by atoms with Crippen LogP contribution in [0, 0.1) is 5.82 Å². The Morgan fingerprint density at radius 2 is 1.60 bits per heavy atom. The summed E-state index contributed by atoms with van der Waals surface area (Å²) in [6.07, 6.45) is 0. The third kappa shape index (κ3) is 4.13. The van der Waals surface area contributed by atoms with Crippen molar-refractivity contribution in [2.24, 2.45) is 0 Å². The smallest absolute Gasteiger partial charge is 0.313 e. The first-order chi connectivity index (χ1) is 12.1. The van der Waals surface area contributed by atoms with E-state index in [2.05, 4.69) is 0 Å². The molecule has 0 aliphatic carbocycles. The van der Waals surface area contributed by atoms with E-state index >= 15 is 0 Å². The molecule has 3 aromatic carbocycles. The number of benzene rings is 3. The summed E-state index contributed by atoms with van der Waals surface area (Å²) in [6, 6.07) is 23.7. The van der Waals surface area contributed by atoms with Gasteiger partial charge in [0.25, 0.3) is 0 Å². The molecular weight excluding hydrogens is 315 g/mol. The second-order valence-corrected chi connectivity index (χ2v) is 5.92. The summed E-state index contributed by atoms with van der Waals surface area (Å²) in [5, 5.41) is 0. The Morgan fingerprint density at radius 3 is 2.24 bits per heavy atom. The topological polar surface area (TPSA) is 26.3 Å². The third-order valence-electron chi connectivity index (χ3n) is 4.16. The van der Waals surface area contributed by atoms with Gasteiger partial charge in [-0.2, -0.15) is 0 Å². The lowest BCUT2D eigenvalue weighted by molar-refractivity contribution is -0.146. The highest BCUT2D eigenvalue weighted by Gasteiger charge is 2.18. The van der Waals surface area contributed by atoms with Crippen molar-refractivity contribution in [1.82, 2.24) is 0 Å². The molecule has 3 heteroatoms. The Kier molecular flexibility index (Phi) is 5.24. The minimum absolute atomic E-state index is 0.217. The molecule has 0 aromatic heterocycles. The van der Waals surface area contributed by atoms with Gasteiger partial charge < -0.3 is 4.74 Å². The van der Waals surface area contributed by atoms with Gasteiger partial charge in [-0.25, -0.2) is 4.39 Å². The molecule has 0 fully saturated rings. The van der Waals surface area contributed by atoms with Crippen LogP contribution in [0.3, 0.4) is 0 Å². The Morgan fingerprint density at radius 1 is 0.960 bits per heavy atom. The first kappa shape index (κ1) is 16.9. The maximum Gasteiger partial charge on any atom is 0.313 e. The summed E-state index contributed by atoms with van der Waals surface area (Å²) in [6.45, 7) is 1.94. The lowest BCUT2D eigenvalue weighted by Crippen LogP contribution is -2.13. The van der Waals surface area contributed by atoms with Crippen molar-refractivity contribution < 1.29 is 13.9 Å². The highest BCUT2D eigenvalue weighted by molar-refractivity contribution is 5.78. The Hall–Kier alpha value is -2.94. The fourth-order valence-corrected chi connectivity index (χ4v) is 2.64. The molecule has 0 saturated carbocycles. The average molecular weight is 334 g/mol. The molecule has 2 nitrogen and oxygen atoms in total. The van der Waals surface area contributed by atoms with Crippen molar-refractivity contribution >= 4 is 5.97 Å². The number of halogens is 1. The second-order valence-electron chi connectivity index (χ2n) is 5.92. The summed E-state index contributed by atoms with van der Waals surface area (Å²) in [5.74, 6) is -1.23. The lowest BCUT2D eigenvalue weighted by atomic mass is 9.97. The summed E-state index contributed by atoms with van der Waals surface area (Å²) in [7, 11) is 0. The van der Waals surface area contributed by atoms with Crippen molar-refractivity contribution in [3.05, 3.63) is 95.8 Å². The standard InChI is InChI=1S/C22H19FO2/c1-16(22(24)25-15-17-8-4-2-5-9-17)19-12-13-20(21(23)14-19)18-10-6-3-7-11-18/h2-14,16H,15H2,1H3/t16-/m0/s1. The number of carbonyl (C=O) groups is 1. The van der Waals surface area contributed by atoms with Crippen LogP contribution in [0.4, 0.5) is 4.39 Å². The molecular formula is C22H19FO2. The molecule has 25 heavy (non-hydrogen) atoms. The monoisotopic (exact) mass is 334 g/mol. The van der Waals surface area contributed by atoms with E-state index in [1.165, 1.54) is 6.07 Å². The molecule has 0 spiro atoms. The third-order valence-corrected chi connectivity index (χ3v) is 4.16. The van der Waals surface area contributed by atoms with E-state index in [0.29, 0.717) is 11.1 Å². The van der Waals surface area contributed by atoms with Crippen molar-refractivity contribution in [3.63, 3.8) is 0 Å². The Balaban J connectivity index is 1.70. The largest absolute Gasteiger partial charge is 0.460 e. The fourth-order valence-electron chi connectivity index (χ4n) is 2.64. The first-order valence-electron chi connectivity index (χ1n) is 8.20. The number of hydrogen-bond acceptors (Lipinski definition) is 2. The van der Waals surface area contributed by atoms with Crippen LogP contribution in [0.5, 0.6) is 0 Å². The van der Waals surface area contributed by atoms with E-state index in [1.807, 2.05) is 60.7 Å². The minimum Gasteiger partial charge on any atom is -0.460 e. The zero-order valence-corrected chi connectivity index (χ0v) is 14.0. The number of rotatable bonds is 5. The van der Waals surface area contributed by atoms with Gasteiger partial charge in [0.05, 0.1) is 5.92 Å². The van der Waals surface area contributed by atoms with Crippen LogP contribution in [0.1, 0.15) is 24.0 Å². The molecule has 0 aliphatic rings. The number of ether oxygens (including phenoxy) is 1. The highest BCUT2D eigenvalue weighted by Crippen LogP contribution is 2.26. The predicted molar refractivity (Wildman–Crippen MR) is 96.5 cm³/mol. The van der Waals surface area contributed by atoms with E-state index in [0.717, 1.165) is 11.1 Å². The molecule has 0 unspecified atom stereocenters. The maximum atomic E-state index is 14.5. The number of hydrogen-bond donors (Lipinski definition) is 0. The van der Waals surface area contributed by atoms with Gasteiger partial charge in [0.15, 0.2) is 0 Å². The van der Waals surface area contributed by atoms with Crippen molar-refractivity contribution in [2.75, 3.05) is 0 Å². The van der Waals surface area contributed by atoms with Crippen molar-refractivity contribution in [1.29, 1.82) is 0 Å². The maximum absolute atomic E-state index is 14.5. The fraction of sp³-hybridized carbons (Fsp3) is 0.136. The van der Waals surface area contributed by atoms with Gasteiger partial charge in [-0.3, -0.25) is 4.79 Å². The number of carbonyl (C=O) groups excluding carboxylic acids is 1. The minimum atomic E-state index is -0.525. The molecule has 0 aliphatic heterocycles. The van der Waals surface area contributed by atoms with Crippen LogP contribution in [-0.2, 0) is 16.1 Å². The van der Waals surface area contributed by atoms with Crippen LogP contribution in [0.25, 0.3) is 11.1 Å². The van der Waals surface area contributed by atoms with Gasteiger partial charge in [0.1, 0.15) is 12.4 Å². The molecule has 126 valence electrons. The summed E-state index contributed by atoms with van der Waals surface area (Å²) in [5.41, 5.74) is 2.86. The summed E-state index contributed by atoms with van der Waals surface area (Å²) >= 11 is 0. The first-order valence-corrected chi connectivity index (χ1v) is 8.20. The zero-order chi connectivity index (χ0) is 17.6. The van der Waals surface area contributed by atoms with Crippen LogP contribution in [0.2, 0.25) is 0 Å². The molecule has 0 heterocycles. The molecule has 3 rings (SSSR count). The second kappa shape index (κ2) is 7.75. The molecule has 0 bridgehead atoms. The highest BCUT2D eigenvalue weighted by atomic mass is 19.1. The van der Waals surface area contributed by atoms with E-state index in [1.54, 1.807) is 19.1 Å². The van der Waals surface area contributed by atoms with Crippen molar-refractivity contribution in [2.45, 2.75) is 19.4 Å². The van der Waals surface area contributed by atoms with E-state index in [-0.39, 0.29) is 18.4 Å². The van der Waals surface area contributed by atoms with Gasteiger partial charge in [-0.15, -0.1) is 0 Å². The Labute approximate surface area is 146 Å². The van der Waals surface area contributed by atoms with Crippen LogP contribution >= 0.6 is 0 Å². The van der Waals surface area contributed by atoms with Crippen molar-refractivity contribution in [3.8, 4) is 11.1 Å².